The van der Waals surface area contributed by atoms with Crippen LogP contribution >= 0.6 is 0 Å². The molecule has 0 saturated heterocycles. The summed E-state index contributed by atoms with van der Waals surface area (Å²) in [5, 5.41) is 0. The average molecular weight is 236 g/mol. The van der Waals surface area contributed by atoms with E-state index in [1.54, 1.807) is 6.20 Å². The molecule has 2 unspecified atom stereocenters. The first kappa shape index (κ1) is 14.1. The summed E-state index contributed by atoms with van der Waals surface area (Å²) in [6.07, 6.45) is 8.44. The Bertz CT molecular complexity index is 307. The zero-order chi connectivity index (χ0) is 13.1. The summed E-state index contributed by atoms with van der Waals surface area (Å²) in [4.78, 5) is 0. The highest BCUT2D eigenvalue weighted by Crippen LogP contribution is 2.48. The lowest BCUT2D eigenvalue weighted by molar-refractivity contribution is 0.347. The topological polar surface area (TPSA) is 52.0 Å². The minimum atomic E-state index is 0.412. The van der Waals surface area contributed by atoms with Crippen molar-refractivity contribution in [2.24, 2.45) is 28.7 Å². The van der Waals surface area contributed by atoms with Gasteiger partial charge in [-0.1, -0.05) is 34.1 Å². The minimum Gasteiger partial charge on any atom is -0.404 e. The molecule has 4 N–H and O–H groups in total. The molecule has 1 rings (SSSR count). The maximum atomic E-state index is 6.16. The molecule has 0 radical (unpaired) electrons. The summed E-state index contributed by atoms with van der Waals surface area (Å²) >= 11 is 0. The van der Waals surface area contributed by atoms with Gasteiger partial charge in [-0.05, 0) is 48.4 Å². The Morgan fingerprint density at radius 2 is 2.00 bits per heavy atom. The molecule has 0 aromatic heterocycles. The van der Waals surface area contributed by atoms with Crippen molar-refractivity contribution in [1.29, 1.82) is 0 Å². The van der Waals surface area contributed by atoms with Gasteiger partial charge in [0, 0.05) is 11.6 Å². The lowest BCUT2D eigenvalue weighted by atomic mass is 9.89. The maximum absolute atomic E-state index is 6.16. The van der Waals surface area contributed by atoms with Crippen LogP contribution in [0.1, 0.15) is 53.4 Å². The van der Waals surface area contributed by atoms with Crippen molar-refractivity contribution in [1.82, 2.24) is 0 Å². The summed E-state index contributed by atoms with van der Waals surface area (Å²) in [7, 11) is 0. The van der Waals surface area contributed by atoms with Crippen LogP contribution in [0.3, 0.4) is 0 Å². The molecule has 1 aliphatic rings. The van der Waals surface area contributed by atoms with Crippen LogP contribution in [-0.4, -0.2) is 0 Å². The van der Waals surface area contributed by atoms with Gasteiger partial charge >= 0.3 is 0 Å². The Kier molecular flexibility index (Phi) is 4.67. The molecule has 0 bridgehead atoms. The van der Waals surface area contributed by atoms with Crippen molar-refractivity contribution in [3.05, 3.63) is 23.5 Å². The lowest BCUT2D eigenvalue weighted by Crippen LogP contribution is -2.09. The fourth-order valence-electron chi connectivity index (χ4n) is 2.48. The van der Waals surface area contributed by atoms with E-state index in [2.05, 4.69) is 33.8 Å². The van der Waals surface area contributed by atoms with Gasteiger partial charge in [-0.25, -0.2) is 0 Å². The second-order valence-electron chi connectivity index (χ2n) is 6.50. The third-order valence-electron chi connectivity index (χ3n) is 3.33. The molecule has 2 heteroatoms. The highest BCUT2D eigenvalue weighted by Gasteiger charge is 2.40. The highest BCUT2D eigenvalue weighted by atomic mass is 14.7. The summed E-state index contributed by atoms with van der Waals surface area (Å²) in [5.74, 6) is 1.38. The lowest BCUT2D eigenvalue weighted by Gasteiger charge is -2.17. The summed E-state index contributed by atoms with van der Waals surface area (Å²) in [6.45, 7) is 9.05. The molecule has 0 heterocycles. The van der Waals surface area contributed by atoms with Crippen LogP contribution < -0.4 is 11.5 Å². The molecular formula is C15H28N2. The van der Waals surface area contributed by atoms with Crippen LogP contribution in [0.2, 0.25) is 0 Å². The first-order chi connectivity index (χ1) is 7.87. The van der Waals surface area contributed by atoms with E-state index in [-0.39, 0.29) is 0 Å². The summed E-state index contributed by atoms with van der Waals surface area (Å²) < 4.78 is 0. The molecule has 17 heavy (non-hydrogen) atoms. The standard InChI is InChI=1S/C15H28N2/c1-5-6-11(10-16)7-14(17)13-8-12(13)9-15(2,3)4/h7,10,12-13H,5-6,8-9,16-17H2,1-4H3/b11-10-,14-7-. The van der Waals surface area contributed by atoms with Crippen molar-refractivity contribution >= 4 is 0 Å². The molecule has 1 aliphatic carbocycles. The van der Waals surface area contributed by atoms with Crippen LogP contribution in [0.25, 0.3) is 0 Å². The van der Waals surface area contributed by atoms with Crippen LogP contribution in [-0.2, 0) is 0 Å². The Labute approximate surface area is 106 Å². The van der Waals surface area contributed by atoms with Gasteiger partial charge in [-0.2, -0.15) is 0 Å². The molecule has 0 amide bonds. The van der Waals surface area contributed by atoms with E-state index in [1.165, 1.54) is 18.4 Å². The SMILES string of the molecule is CCCC(=C/N)/C=C(\N)C1CC1CC(C)(C)C. The zero-order valence-corrected chi connectivity index (χ0v) is 11.8. The molecule has 0 aliphatic heterocycles. The second kappa shape index (κ2) is 5.61. The highest BCUT2D eigenvalue weighted by molar-refractivity contribution is 5.25. The van der Waals surface area contributed by atoms with E-state index in [4.69, 9.17) is 11.5 Å². The smallest absolute Gasteiger partial charge is 0.0118 e. The largest absolute Gasteiger partial charge is 0.404 e. The predicted molar refractivity (Wildman–Crippen MR) is 75.1 cm³/mol. The number of nitrogens with two attached hydrogens (primary N) is 2. The van der Waals surface area contributed by atoms with Crippen molar-refractivity contribution in [2.45, 2.75) is 53.4 Å². The Morgan fingerprint density at radius 3 is 2.47 bits per heavy atom. The molecular weight excluding hydrogens is 208 g/mol. The quantitative estimate of drug-likeness (QED) is 0.717. The summed E-state index contributed by atoms with van der Waals surface area (Å²) in [6, 6.07) is 0. The van der Waals surface area contributed by atoms with Gasteiger partial charge in [0.1, 0.15) is 0 Å². The normalized spacial score (nSPS) is 26.1. The number of hydrogen-bond acceptors (Lipinski definition) is 2. The zero-order valence-electron chi connectivity index (χ0n) is 11.8. The van der Waals surface area contributed by atoms with Crippen LogP contribution in [0.15, 0.2) is 23.5 Å². The Hall–Kier alpha value is -0.920. The molecule has 0 spiro atoms. The second-order valence-corrected chi connectivity index (χ2v) is 6.50. The molecule has 1 saturated carbocycles. The molecule has 0 aromatic carbocycles. The van der Waals surface area contributed by atoms with Crippen LogP contribution in [0.5, 0.6) is 0 Å². The van der Waals surface area contributed by atoms with E-state index >= 15 is 0 Å². The van der Waals surface area contributed by atoms with Crippen molar-refractivity contribution in [3.8, 4) is 0 Å². The molecule has 98 valence electrons. The van der Waals surface area contributed by atoms with Crippen molar-refractivity contribution in [3.63, 3.8) is 0 Å². The van der Waals surface area contributed by atoms with Crippen molar-refractivity contribution < 1.29 is 0 Å². The van der Waals surface area contributed by atoms with E-state index in [9.17, 15) is 0 Å². The van der Waals surface area contributed by atoms with Gasteiger partial charge in [0.2, 0.25) is 0 Å². The van der Waals surface area contributed by atoms with Gasteiger partial charge in [0.15, 0.2) is 0 Å². The third-order valence-corrected chi connectivity index (χ3v) is 3.33. The van der Waals surface area contributed by atoms with Crippen LogP contribution in [0, 0.1) is 17.3 Å². The van der Waals surface area contributed by atoms with Gasteiger partial charge < -0.3 is 11.5 Å². The molecule has 0 aromatic rings. The first-order valence-electron chi connectivity index (χ1n) is 6.75. The fraction of sp³-hybridized carbons (Fsp3) is 0.733. The molecule has 1 fully saturated rings. The van der Waals surface area contributed by atoms with Gasteiger partial charge in [-0.3, -0.25) is 0 Å². The maximum Gasteiger partial charge on any atom is 0.0118 e. The van der Waals surface area contributed by atoms with Gasteiger partial charge in [0.25, 0.3) is 0 Å². The molecule has 2 atom stereocenters. The first-order valence-corrected chi connectivity index (χ1v) is 6.75. The summed E-state index contributed by atoms with van der Waals surface area (Å²) in [5.41, 5.74) is 14.4. The van der Waals surface area contributed by atoms with E-state index in [0.29, 0.717) is 11.3 Å². The fourth-order valence-corrected chi connectivity index (χ4v) is 2.48. The van der Waals surface area contributed by atoms with Crippen LogP contribution in [0.4, 0.5) is 0 Å². The number of rotatable bonds is 5. The van der Waals surface area contributed by atoms with E-state index in [0.717, 1.165) is 24.5 Å². The van der Waals surface area contributed by atoms with E-state index in [1.807, 2.05) is 0 Å². The average Bonchev–Trinajstić information content (AvgIpc) is 2.93. The van der Waals surface area contributed by atoms with E-state index < -0.39 is 0 Å². The van der Waals surface area contributed by atoms with Crippen molar-refractivity contribution in [2.75, 3.05) is 0 Å². The Morgan fingerprint density at radius 1 is 1.35 bits per heavy atom. The number of allylic oxidation sites excluding steroid dienone is 3. The monoisotopic (exact) mass is 236 g/mol. The van der Waals surface area contributed by atoms with Gasteiger partial charge in [0.05, 0.1) is 0 Å². The minimum absolute atomic E-state index is 0.412. The third kappa shape index (κ3) is 4.84. The molecule has 2 nitrogen and oxygen atoms in total. The Balaban J connectivity index is 2.50. The predicted octanol–water partition coefficient (Wildman–Crippen LogP) is 3.54. The number of hydrogen-bond donors (Lipinski definition) is 2. The van der Waals surface area contributed by atoms with Gasteiger partial charge in [-0.15, -0.1) is 0 Å².